The van der Waals surface area contributed by atoms with E-state index in [1.54, 1.807) is 0 Å². The van der Waals surface area contributed by atoms with E-state index in [1.807, 2.05) is 11.8 Å². The monoisotopic (exact) mass is 453 g/mol. The number of nitrogens with zero attached hydrogens (tertiary/aromatic N) is 3. The molecule has 6 nitrogen and oxygen atoms in total. The van der Waals surface area contributed by atoms with Crippen molar-refractivity contribution in [2.24, 2.45) is 22.7 Å². The number of carboxylic acids is 1. The fourth-order valence-electron chi connectivity index (χ4n) is 5.12. The van der Waals surface area contributed by atoms with Crippen molar-refractivity contribution in [1.82, 2.24) is 9.80 Å². The number of carbonyl (C=O) groups is 2. The average Bonchev–Trinajstić information content (AvgIpc) is 3.32. The van der Waals surface area contributed by atoms with E-state index in [0.717, 1.165) is 44.9 Å². The molecular weight excluding hydrogens is 423 g/mol. The van der Waals surface area contributed by atoms with Crippen molar-refractivity contribution in [2.75, 3.05) is 19.6 Å². The van der Waals surface area contributed by atoms with Crippen LogP contribution in [0, 0.1) is 17.8 Å². The number of rotatable bonds is 4. The number of carbonyl (C=O) groups excluding carboxylic acids is 1. The predicted molar refractivity (Wildman–Crippen MR) is 114 cm³/mol. The van der Waals surface area contributed by atoms with E-state index in [1.165, 1.54) is 5.56 Å². The molecule has 9 heteroatoms. The summed E-state index contributed by atoms with van der Waals surface area (Å²) in [5.41, 5.74) is 0.894. The second kappa shape index (κ2) is 9.21. The minimum Gasteiger partial charge on any atom is -0.475 e. The van der Waals surface area contributed by atoms with Gasteiger partial charge in [-0.1, -0.05) is 44.2 Å². The van der Waals surface area contributed by atoms with Crippen molar-refractivity contribution in [3.05, 3.63) is 35.9 Å². The maximum Gasteiger partial charge on any atom is 0.490 e. The highest BCUT2D eigenvalue weighted by molar-refractivity contribution is 6.07. The van der Waals surface area contributed by atoms with Gasteiger partial charge in [0.05, 0.1) is 0 Å². The average molecular weight is 454 g/mol. The van der Waals surface area contributed by atoms with Gasteiger partial charge >= 0.3 is 12.1 Å². The highest BCUT2D eigenvalue weighted by atomic mass is 19.4. The Balaban J connectivity index is 0.000000360. The van der Waals surface area contributed by atoms with Gasteiger partial charge in [0.25, 0.3) is 5.91 Å². The lowest BCUT2D eigenvalue weighted by Gasteiger charge is -2.28. The van der Waals surface area contributed by atoms with Gasteiger partial charge in [-0.2, -0.15) is 13.2 Å². The van der Waals surface area contributed by atoms with Crippen LogP contribution in [0.25, 0.3) is 0 Å². The second-order valence-corrected chi connectivity index (χ2v) is 9.28. The lowest BCUT2D eigenvalue weighted by molar-refractivity contribution is -0.192. The molecule has 1 aromatic carbocycles. The van der Waals surface area contributed by atoms with E-state index in [0.29, 0.717) is 17.8 Å². The predicted octanol–water partition coefficient (Wildman–Crippen LogP) is 3.82. The topological polar surface area (TPSA) is 73.2 Å². The van der Waals surface area contributed by atoms with Crippen LogP contribution in [0.3, 0.4) is 0 Å². The normalized spacial score (nSPS) is 27.5. The third kappa shape index (κ3) is 4.98. The summed E-state index contributed by atoms with van der Waals surface area (Å²) >= 11 is 0. The molecule has 1 aliphatic carbocycles. The number of amides is 1. The molecule has 3 atom stereocenters. The van der Waals surface area contributed by atoms with Crippen LogP contribution < -0.4 is 0 Å². The van der Waals surface area contributed by atoms with Crippen LogP contribution in [0.2, 0.25) is 0 Å². The summed E-state index contributed by atoms with van der Waals surface area (Å²) in [6, 6.07) is 10.7. The molecule has 2 heterocycles. The molecule has 1 spiro atoms. The number of fused-ring (bicyclic) bond motifs is 2. The van der Waals surface area contributed by atoms with E-state index in [2.05, 4.69) is 49.1 Å². The van der Waals surface area contributed by atoms with Crippen molar-refractivity contribution >= 4 is 17.7 Å². The van der Waals surface area contributed by atoms with Crippen molar-refractivity contribution in [3.8, 4) is 0 Å². The molecule has 176 valence electrons. The molecule has 0 radical (unpaired) electrons. The summed E-state index contributed by atoms with van der Waals surface area (Å²) in [6.45, 7) is 10.2. The lowest BCUT2D eigenvalue weighted by Crippen LogP contribution is -2.47. The van der Waals surface area contributed by atoms with Crippen molar-refractivity contribution in [1.29, 1.82) is 0 Å². The van der Waals surface area contributed by atoms with E-state index in [9.17, 15) is 18.0 Å². The third-order valence-corrected chi connectivity index (χ3v) is 6.43. The molecule has 32 heavy (non-hydrogen) atoms. The molecule has 0 aromatic heterocycles. The Hall–Kier alpha value is -2.42. The number of amidine groups is 1. The summed E-state index contributed by atoms with van der Waals surface area (Å²) in [6.07, 6.45) is -3.01. The van der Waals surface area contributed by atoms with Crippen molar-refractivity contribution < 1.29 is 27.9 Å². The molecule has 1 N–H and O–H groups in total. The molecule has 1 saturated heterocycles. The van der Waals surface area contributed by atoms with E-state index in [-0.39, 0.29) is 5.91 Å². The zero-order valence-electron chi connectivity index (χ0n) is 18.6. The number of likely N-dealkylation sites (tertiary alicyclic amines) is 1. The van der Waals surface area contributed by atoms with Gasteiger partial charge in [0.2, 0.25) is 0 Å². The summed E-state index contributed by atoms with van der Waals surface area (Å²) in [5.74, 6) is -0.0836. The van der Waals surface area contributed by atoms with E-state index < -0.39 is 17.7 Å². The lowest BCUT2D eigenvalue weighted by atomic mass is 9.84. The Morgan fingerprint density at radius 2 is 1.88 bits per heavy atom. The van der Waals surface area contributed by atoms with Crippen LogP contribution >= 0.6 is 0 Å². The molecule has 2 fully saturated rings. The zero-order chi connectivity index (χ0) is 23.7. The van der Waals surface area contributed by atoms with Crippen molar-refractivity contribution in [2.45, 2.75) is 51.9 Å². The van der Waals surface area contributed by atoms with Crippen LogP contribution in [0.4, 0.5) is 13.2 Å². The first-order valence-corrected chi connectivity index (χ1v) is 10.9. The quantitative estimate of drug-likeness (QED) is 0.752. The van der Waals surface area contributed by atoms with E-state index >= 15 is 0 Å². The molecule has 1 saturated carbocycles. The highest BCUT2D eigenvalue weighted by Gasteiger charge is 2.60. The van der Waals surface area contributed by atoms with Crippen LogP contribution in [-0.4, -0.2) is 64.0 Å². The zero-order valence-corrected chi connectivity index (χ0v) is 18.6. The number of alkyl halides is 3. The number of hydrogen-bond donors (Lipinski definition) is 1. The van der Waals surface area contributed by atoms with Crippen LogP contribution in [-0.2, 0) is 16.1 Å². The smallest absolute Gasteiger partial charge is 0.475 e. The Labute approximate surface area is 186 Å². The summed E-state index contributed by atoms with van der Waals surface area (Å²) < 4.78 is 31.7. The number of aliphatic imine (C=N–C) groups is 1. The molecular formula is C23H30F3N3O3. The van der Waals surface area contributed by atoms with Crippen molar-refractivity contribution in [3.63, 3.8) is 0 Å². The molecule has 0 unspecified atom stereocenters. The number of aliphatic carboxylic acids is 1. The van der Waals surface area contributed by atoms with Gasteiger partial charge < -0.3 is 5.11 Å². The minimum absolute atomic E-state index is 0.271. The molecule has 2 aliphatic heterocycles. The maximum absolute atomic E-state index is 13.3. The maximum atomic E-state index is 13.3. The number of benzene rings is 1. The van der Waals surface area contributed by atoms with E-state index in [4.69, 9.17) is 14.9 Å². The third-order valence-electron chi connectivity index (χ3n) is 6.43. The SMILES string of the molecule is CC1=N[C@@]2(CC[C@@H]3CN(Cc4ccccc4)C[C@@H]32)C(=O)N1CC(C)C.O=C(O)C(F)(F)F. The molecule has 4 rings (SSSR count). The molecule has 1 amide bonds. The van der Waals surface area contributed by atoms with Crippen LogP contribution in [0.15, 0.2) is 35.3 Å². The number of carboxylic acid groups (broad SMARTS) is 1. The van der Waals surface area contributed by atoms with Gasteiger partial charge in [0, 0.05) is 32.1 Å². The van der Waals surface area contributed by atoms with Gasteiger partial charge in [-0.25, -0.2) is 4.79 Å². The van der Waals surface area contributed by atoms with Gasteiger partial charge in [0.1, 0.15) is 11.4 Å². The summed E-state index contributed by atoms with van der Waals surface area (Å²) in [7, 11) is 0. The van der Waals surface area contributed by atoms with Crippen LogP contribution in [0.1, 0.15) is 39.2 Å². The Kier molecular flexibility index (Phi) is 6.97. The van der Waals surface area contributed by atoms with Gasteiger partial charge in [0.15, 0.2) is 0 Å². The molecule has 0 bridgehead atoms. The Morgan fingerprint density at radius 1 is 1.25 bits per heavy atom. The Bertz CT molecular complexity index is 872. The first-order chi connectivity index (χ1) is 14.9. The van der Waals surface area contributed by atoms with Gasteiger partial charge in [-0.15, -0.1) is 0 Å². The summed E-state index contributed by atoms with van der Waals surface area (Å²) in [5, 5.41) is 7.12. The first-order valence-electron chi connectivity index (χ1n) is 10.9. The fraction of sp³-hybridized carbons (Fsp3) is 0.609. The highest BCUT2D eigenvalue weighted by Crippen LogP contribution is 2.50. The molecule has 3 aliphatic rings. The number of hydrogen-bond acceptors (Lipinski definition) is 4. The minimum atomic E-state index is -5.08. The fourth-order valence-corrected chi connectivity index (χ4v) is 5.12. The summed E-state index contributed by atoms with van der Waals surface area (Å²) in [4.78, 5) is 31.6. The second-order valence-electron chi connectivity index (χ2n) is 9.28. The number of halogens is 3. The first kappa shape index (κ1) is 24.2. The Morgan fingerprint density at radius 3 is 2.44 bits per heavy atom. The molecule has 1 aromatic rings. The van der Waals surface area contributed by atoms with Crippen LogP contribution in [0.5, 0.6) is 0 Å². The van der Waals surface area contributed by atoms with Gasteiger partial charge in [-0.3, -0.25) is 19.6 Å². The largest absolute Gasteiger partial charge is 0.490 e. The standard InChI is InChI=1S/C21H29N3O.C2HF3O2/c1-15(2)11-24-16(3)22-21(20(24)25)10-9-18-13-23(14-19(18)21)12-17-7-5-4-6-8-17;3-2(4,5)1(6)7/h4-8,15,18-19H,9-14H2,1-3H3;(H,6,7)/t18-,19+,21-;/m1./s1. The van der Waals surface area contributed by atoms with Gasteiger partial charge in [-0.05, 0) is 37.2 Å².